The Hall–Kier alpha value is -1.54. The van der Waals surface area contributed by atoms with Crippen LogP contribution in [-0.2, 0) is 0 Å². The first-order valence-electron chi connectivity index (χ1n) is 5.17. The van der Waals surface area contributed by atoms with E-state index in [0.717, 1.165) is 10.2 Å². The molecule has 0 aliphatic rings. The third-order valence-electron chi connectivity index (χ3n) is 2.67. The third-order valence-corrected chi connectivity index (χ3v) is 3.16. The summed E-state index contributed by atoms with van der Waals surface area (Å²) in [5.74, 6) is 0. The fraction of sp³-hybridized carbons (Fsp3) is 0. The van der Waals surface area contributed by atoms with E-state index < -0.39 is 0 Å². The largest absolute Gasteiger partial charge is 0.355 e. The molecule has 0 unspecified atom stereocenters. The van der Waals surface area contributed by atoms with Gasteiger partial charge in [-0.1, -0.05) is 46.3 Å². The van der Waals surface area contributed by atoms with Crippen molar-refractivity contribution in [3.8, 4) is 11.3 Å². The highest BCUT2D eigenvalue weighted by Gasteiger charge is 2.02. The zero-order valence-electron chi connectivity index (χ0n) is 8.57. The maximum Gasteiger partial charge on any atom is 0.0465 e. The number of hydrogen-bond donors (Lipinski definition) is 1. The quantitative estimate of drug-likeness (QED) is 0.666. The van der Waals surface area contributed by atoms with Crippen molar-refractivity contribution in [1.29, 1.82) is 0 Å². The van der Waals surface area contributed by atoms with Crippen molar-refractivity contribution >= 4 is 26.8 Å². The number of nitrogens with one attached hydrogen (secondary N) is 1. The van der Waals surface area contributed by atoms with Gasteiger partial charge in [0, 0.05) is 21.1 Å². The van der Waals surface area contributed by atoms with Gasteiger partial charge in [0.15, 0.2) is 0 Å². The summed E-state index contributed by atoms with van der Waals surface area (Å²) in [6.45, 7) is 0. The van der Waals surface area contributed by atoms with Crippen LogP contribution in [0.15, 0.2) is 59.1 Å². The smallest absolute Gasteiger partial charge is 0.0465 e. The summed E-state index contributed by atoms with van der Waals surface area (Å²) >= 11 is 3.49. The van der Waals surface area contributed by atoms with Gasteiger partial charge in [-0.2, -0.15) is 0 Å². The molecule has 2 heteroatoms. The van der Waals surface area contributed by atoms with Crippen LogP contribution < -0.4 is 0 Å². The molecule has 3 rings (SSSR count). The summed E-state index contributed by atoms with van der Waals surface area (Å²) < 4.78 is 1.10. The van der Waals surface area contributed by atoms with Gasteiger partial charge in [-0.15, -0.1) is 0 Å². The number of halogens is 1. The lowest BCUT2D eigenvalue weighted by Crippen LogP contribution is -1.76. The number of hydrogen-bond acceptors (Lipinski definition) is 0. The Morgan fingerprint density at radius 3 is 2.56 bits per heavy atom. The van der Waals surface area contributed by atoms with E-state index in [4.69, 9.17) is 0 Å². The second-order valence-electron chi connectivity index (χ2n) is 3.78. The molecule has 1 aromatic heterocycles. The zero-order valence-corrected chi connectivity index (χ0v) is 10.2. The highest BCUT2D eigenvalue weighted by Crippen LogP contribution is 2.25. The summed E-state index contributed by atoms with van der Waals surface area (Å²) in [5.41, 5.74) is 3.53. The number of fused-ring (bicyclic) bond motifs is 1. The second kappa shape index (κ2) is 3.80. The molecular formula is C14H10BrN. The molecule has 3 aromatic rings. The van der Waals surface area contributed by atoms with Crippen LogP contribution >= 0.6 is 15.9 Å². The van der Waals surface area contributed by atoms with Gasteiger partial charge >= 0.3 is 0 Å². The van der Waals surface area contributed by atoms with Crippen LogP contribution in [0.4, 0.5) is 0 Å². The summed E-state index contributed by atoms with van der Waals surface area (Å²) in [5, 5.41) is 1.25. The van der Waals surface area contributed by atoms with E-state index in [1.54, 1.807) is 0 Å². The van der Waals surface area contributed by atoms with E-state index in [1.165, 1.54) is 16.5 Å². The van der Waals surface area contributed by atoms with Crippen LogP contribution in [0.5, 0.6) is 0 Å². The molecule has 0 aliphatic heterocycles. The predicted octanol–water partition coefficient (Wildman–Crippen LogP) is 4.60. The maximum atomic E-state index is 3.49. The van der Waals surface area contributed by atoms with Gasteiger partial charge < -0.3 is 4.98 Å². The van der Waals surface area contributed by atoms with Crippen LogP contribution in [0.25, 0.3) is 22.2 Å². The highest BCUT2D eigenvalue weighted by atomic mass is 79.9. The van der Waals surface area contributed by atoms with E-state index in [-0.39, 0.29) is 0 Å². The van der Waals surface area contributed by atoms with Crippen LogP contribution in [0.2, 0.25) is 0 Å². The van der Waals surface area contributed by atoms with Crippen LogP contribution in [0.1, 0.15) is 0 Å². The number of benzene rings is 2. The molecule has 1 N–H and O–H groups in total. The van der Waals surface area contributed by atoms with Crippen LogP contribution in [0, 0.1) is 0 Å². The Labute approximate surface area is 102 Å². The SMILES string of the molecule is Brc1cccc(-c2cc3ccccc3[nH]2)c1. The minimum Gasteiger partial charge on any atom is -0.355 e. The molecule has 0 saturated heterocycles. The Bertz CT molecular complexity index is 607. The predicted molar refractivity (Wildman–Crippen MR) is 71.4 cm³/mol. The number of rotatable bonds is 1. The van der Waals surface area contributed by atoms with E-state index in [9.17, 15) is 0 Å². The fourth-order valence-electron chi connectivity index (χ4n) is 1.88. The first kappa shape index (κ1) is 9.67. The number of aromatic nitrogens is 1. The molecule has 1 nitrogen and oxygen atoms in total. The summed E-state index contributed by atoms with van der Waals surface area (Å²) in [7, 11) is 0. The Morgan fingerprint density at radius 2 is 1.75 bits per heavy atom. The van der Waals surface area contributed by atoms with Crippen molar-refractivity contribution in [1.82, 2.24) is 4.98 Å². The van der Waals surface area contributed by atoms with Gasteiger partial charge in [-0.25, -0.2) is 0 Å². The molecule has 0 fully saturated rings. The van der Waals surface area contributed by atoms with Crippen molar-refractivity contribution in [2.24, 2.45) is 0 Å². The van der Waals surface area contributed by atoms with Gasteiger partial charge in [-0.3, -0.25) is 0 Å². The van der Waals surface area contributed by atoms with E-state index in [2.05, 4.69) is 57.3 Å². The molecule has 0 atom stereocenters. The molecule has 0 radical (unpaired) electrons. The lowest BCUT2D eigenvalue weighted by molar-refractivity contribution is 1.45. The van der Waals surface area contributed by atoms with Gasteiger partial charge in [0.25, 0.3) is 0 Å². The summed E-state index contributed by atoms with van der Waals surface area (Å²) in [6.07, 6.45) is 0. The van der Waals surface area contributed by atoms with Gasteiger partial charge in [-0.05, 0) is 29.8 Å². The first-order valence-corrected chi connectivity index (χ1v) is 5.96. The minimum absolute atomic E-state index is 1.10. The van der Waals surface area contributed by atoms with E-state index >= 15 is 0 Å². The molecule has 16 heavy (non-hydrogen) atoms. The van der Waals surface area contributed by atoms with Crippen molar-refractivity contribution in [3.05, 3.63) is 59.1 Å². The van der Waals surface area contributed by atoms with Gasteiger partial charge in [0.05, 0.1) is 0 Å². The molecular weight excluding hydrogens is 262 g/mol. The van der Waals surface area contributed by atoms with Crippen molar-refractivity contribution in [3.63, 3.8) is 0 Å². The normalized spacial score (nSPS) is 10.8. The van der Waals surface area contributed by atoms with Crippen LogP contribution in [-0.4, -0.2) is 4.98 Å². The topological polar surface area (TPSA) is 15.8 Å². The number of aromatic amines is 1. The van der Waals surface area contributed by atoms with E-state index in [0.29, 0.717) is 0 Å². The van der Waals surface area contributed by atoms with E-state index in [1.807, 2.05) is 18.2 Å². The average molecular weight is 272 g/mol. The fourth-order valence-corrected chi connectivity index (χ4v) is 2.28. The average Bonchev–Trinajstić information content (AvgIpc) is 2.72. The molecule has 1 heterocycles. The molecule has 0 bridgehead atoms. The Morgan fingerprint density at radius 1 is 0.875 bits per heavy atom. The number of para-hydroxylation sites is 1. The molecule has 0 saturated carbocycles. The molecule has 0 amide bonds. The van der Waals surface area contributed by atoms with Crippen molar-refractivity contribution in [2.75, 3.05) is 0 Å². The monoisotopic (exact) mass is 271 g/mol. The van der Waals surface area contributed by atoms with Gasteiger partial charge in [0.2, 0.25) is 0 Å². The lowest BCUT2D eigenvalue weighted by Gasteiger charge is -1.97. The minimum atomic E-state index is 1.10. The lowest BCUT2D eigenvalue weighted by atomic mass is 10.1. The number of H-pyrrole nitrogens is 1. The molecule has 0 spiro atoms. The maximum absolute atomic E-state index is 3.49. The highest BCUT2D eigenvalue weighted by molar-refractivity contribution is 9.10. The molecule has 0 aliphatic carbocycles. The summed E-state index contributed by atoms with van der Waals surface area (Å²) in [6, 6.07) is 18.8. The zero-order chi connectivity index (χ0) is 11.0. The Kier molecular flexibility index (Phi) is 2.29. The van der Waals surface area contributed by atoms with Crippen molar-refractivity contribution < 1.29 is 0 Å². The molecule has 78 valence electrons. The first-order chi connectivity index (χ1) is 7.83. The van der Waals surface area contributed by atoms with Crippen LogP contribution in [0.3, 0.4) is 0 Å². The standard InChI is InChI=1S/C14H10BrN/c15-12-6-3-5-10(8-12)14-9-11-4-1-2-7-13(11)16-14/h1-9,16H. The summed E-state index contributed by atoms with van der Waals surface area (Å²) in [4.78, 5) is 3.42. The Balaban J connectivity index is 2.19. The third kappa shape index (κ3) is 1.65. The van der Waals surface area contributed by atoms with Gasteiger partial charge in [0.1, 0.15) is 0 Å². The molecule has 2 aromatic carbocycles. The van der Waals surface area contributed by atoms with Crippen molar-refractivity contribution in [2.45, 2.75) is 0 Å². The second-order valence-corrected chi connectivity index (χ2v) is 4.70.